The number of methoxy groups -OCH3 is 2. The molecule has 27 heteroatoms. The summed E-state index contributed by atoms with van der Waals surface area (Å²) in [7, 11) is -0.985. The Balaban J connectivity index is 1.000. The molecule has 0 bridgehead atoms. The number of nitrogens with one attached hydrogen (secondary N) is 1. The third-order valence-corrected chi connectivity index (χ3v) is 19.2. The molecule has 0 spiro atoms. The van der Waals surface area contributed by atoms with Gasteiger partial charge in [-0.05, 0) is 166 Å². The highest BCUT2D eigenvalue weighted by Gasteiger charge is 2.43. The van der Waals surface area contributed by atoms with E-state index < -0.39 is 140 Å². The lowest BCUT2D eigenvalue weighted by Gasteiger charge is -2.29. The zero-order valence-corrected chi connectivity index (χ0v) is 58.5. The van der Waals surface area contributed by atoms with Gasteiger partial charge in [0.15, 0.2) is 0 Å². The van der Waals surface area contributed by atoms with Crippen molar-refractivity contribution in [3.8, 4) is 55.9 Å². The molecule has 1 N–H and O–H groups in total. The minimum absolute atomic E-state index is 0.0594. The van der Waals surface area contributed by atoms with E-state index in [-0.39, 0.29) is 118 Å². The molecule has 3 aromatic heterocycles. The number of allylic oxidation sites excluding steroid dienone is 1. The Bertz CT molecular complexity index is 5810. The van der Waals surface area contributed by atoms with Gasteiger partial charge in [0.25, 0.3) is 11.1 Å². The molecule has 0 saturated carbocycles. The van der Waals surface area contributed by atoms with E-state index in [0.29, 0.717) is 45.5 Å². The lowest BCUT2D eigenvalue weighted by molar-refractivity contribution is -0.144. The zero-order chi connectivity index (χ0) is 78.6. The van der Waals surface area contributed by atoms with E-state index in [1.165, 1.54) is 74.7 Å². The van der Waals surface area contributed by atoms with E-state index in [1.807, 2.05) is 13.8 Å². The summed E-state index contributed by atoms with van der Waals surface area (Å²) < 4.78 is 234. The van der Waals surface area contributed by atoms with Crippen molar-refractivity contribution in [2.75, 3.05) is 14.2 Å². The van der Waals surface area contributed by atoms with Gasteiger partial charge < -0.3 is 28.4 Å². The number of pyridine rings is 1. The van der Waals surface area contributed by atoms with E-state index >= 15 is 18.2 Å². The molecule has 13 rings (SSSR count). The SMILES string of the molecule is COC(=O)C1=C(C)/C(=C(\c2c(-c3ccccc3)cc(OC(=O)Cc3ccc(-n4c(=O)c5cc(-c6cc(C(F)(F)F)cc(C(F)(F)F)c6)c6oc7ccccc7c7c(-c8cc(C(F)(F)F)cc(C(F)(F)F)c8)cc(c4=O)c5c67)cc3)cc2-c2ccccc2)c2c(C)c(C(=O)OC)c(C(C)C)n2B(F)F)NC=C1C(C)C. The number of ether oxygens (including phenoxy) is 3. The van der Waals surface area contributed by atoms with E-state index in [9.17, 15) is 67.1 Å². The van der Waals surface area contributed by atoms with Gasteiger partial charge in [0, 0.05) is 66.6 Å². The predicted octanol–water partition coefficient (Wildman–Crippen LogP) is 20.9. The fraction of sp³-hybridized carbons (Fsp3) is 0.183. The van der Waals surface area contributed by atoms with Gasteiger partial charge >= 0.3 is 50.0 Å². The largest absolute Gasteiger partial charge is 0.677 e. The van der Waals surface area contributed by atoms with Crippen LogP contribution in [0.25, 0.3) is 99.3 Å². The molecule has 0 atom stereocenters. The molecule has 1 aliphatic heterocycles. The predicted molar refractivity (Wildman–Crippen MR) is 384 cm³/mol. The number of fused-ring (bicyclic) bond motifs is 2. The first-order chi connectivity index (χ1) is 51.4. The van der Waals surface area contributed by atoms with E-state index in [4.69, 9.17) is 18.6 Å². The first kappa shape index (κ1) is 75.2. The van der Waals surface area contributed by atoms with Crippen LogP contribution < -0.4 is 21.2 Å². The first-order valence-electron chi connectivity index (χ1n) is 33.6. The van der Waals surface area contributed by atoms with E-state index in [0.717, 1.165) is 23.7 Å². The Kier molecular flexibility index (Phi) is 19.3. The molecule has 0 unspecified atom stereocenters. The quantitative estimate of drug-likeness (QED) is 0.0263. The maximum atomic E-state index is 16.5. The smallest absolute Gasteiger partial charge is 0.465 e. The molecule has 0 aliphatic carbocycles. The Morgan fingerprint density at radius 1 is 0.523 bits per heavy atom. The molecule has 556 valence electrons. The fourth-order valence-electron chi connectivity index (χ4n) is 14.5. The molecule has 12 aromatic rings. The van der Waals surface area contributed by atoms with Gasteiger partial charge in [-0.1, -0.05) is 119 Å². The van der Waals surface area contributed by atoms with Gasteiger partial charge in [0.05, 0.1) is 65.4 Å². The number of esters is 3. The molecule has 9 aromatic carbocycles. The highest BCUT2D eigenvalue weighted by atomic mass is 19.4. The van der Waals surface area contributed by atoms with Crippen LogP contribution in [-0.4, -0.2) is 48.6 Å². The molecular weight excluding hydrogens is 1450 g/mol. The van der Waals surface area contributed by atoms with Crippen molar-refractivity contribution in [3.05, 3.63) is 275 Å². The first-order valence-corrected chi connectivity index (χ1v) is 33.6. The van der Waals surface area contributed by atoms with Crippen molar-refractivity contribution in [1.82, 2.24) is 14.4 Å². The Morgan fingerprint density at radius 2 is 1.01 bits per heavy atom. The number of halogens is 14. The third kappa shape index (κ3) is 13.6. The Hall–Kier alpha value is -12.0. The number of rotatable bonds is 15. The summed E-state index contributed by atoms with van der Waals surface area (Å²) >= 11 is 0. The van der Waals surface area contributed by atoms with Gasteiger partial charge in [-0.2, -0.15) is 52.7 Å². The van der Waals surface area contributed by atoms with Crippen LogP contribution in [0.1, 0.15) is 101 Å². The van der Waals surface area contributed by atoms with Crippen molar-refractivity contribution in [2.45, 2.75) is 78.6 Å². The topological polar surface area (TPSA) is 148 Å². The van der Waals surface area contributed by atoms with Crippen LogP contribution in [0.3, 0.4) is 0 Å². The number of hydrogen-bond donors (Lipinski definition) is 1. The van der Waals surface area contributed by atoms with Crippen LogP contribution in [0.5, 0.6) is 5.75 Å². The number of aromatic nitrogens is 2. The summed E-state index contributed by atoms with van der Waals surface area (Å²) in [5.74, 6) is -3.71. The summed E-state index contributed by atoms with van der Waals surface area (Å²) in [5, 5.41) is 0.932. The van der Waals surface area contributed by atoms with Crippen LogP contribution in [0.4, 0.5) is 61.3 Å². The number of para-hydroxylation sites is 1. The number of carbonyl (C=O) groups excluding carboxylic acids is 3. The lowest BCUT2D eigenvalue weighted by Crippen LogP contribution is -2.32. The molecule has 0 saturated heterocycles. The number of dihydropyridines is 1. The van der Waals surface area contributed by atoms with Gasteiger partial charge in [-0.3, -0.25) is 23.0 Å². The van der Waals surface area contributed by atoms with Gasteiger partial charge in [-0.25, -0.2) is 14.2 Å². The van der Waals surface area contributed by atoms with Crippen LogP contribution in [0.15, 0.2) is 212 Å². The van der Waals surface area contributed by atoms with Crippen LogP contribution in [-0.2, 0) is 50.2 Å². The normalized spacial score (nSPS) is 13.6. The molecule has 0 fully saturated rings. The van der Waals surface area contributed by atoms with Gasteiger partial charge in [-0.15, -0.1) is 0 Å². The minimum atomic E-state index is -5.44. The number of alkyl halides is 12. The number of hydrogen-bond acceptors (Lipinski definition) is 10. The Morgan fingerprint density at radius 3 is 1.49 bits per heavy atom. The standard InChI is InChI=1S/C82H58BF14N3O9/c1-39(2)61-38-98-71(41(5)64(61)77(104)106-7)70(73-42(6)65(78(105)107-8)72(40(3)4)100(73)83(96)97)67-55(44-17-11-9-12-18-44)34-53(35-56(67)45-19-13-10-14-20-45)108-63(101)27-43-23-25-52(26-24-43)99-75(102)59-36-57(46-28-48(79(84,85)86)32-49(29-46)80(87,88)89)66-54-21-15-16-22-62(54)109-74-58(37-60(76(99)103)68(59)69(66)74)47-30-50(81(90,91)92)33-51(31-47)82(93,94)95/h9-26,28-40,98H,27H2,1-8H3/b71-70-. The fourth-order valence-corrected chi connectivity index (χ4v) is 14.5. The van der Waals surface area contributed by atoms with Crippen molar-refractivity contribution in [1.29, 1.82) is 0 Å². The van der Waals surface area contributed by atoms with Crippen molar-refractivity contribution < 1.29 is 94.3 Å². The second kappa shape index (κ2) is 28.0. The molecule has 109 heavy (non-hydrogen) atoms. The number of benzene rings is 9. The second-order valence-corrected chi connectivity index (χ2v) is 26.6. The number of carbonyl (C=O) groups is 3. The third-order valence-electron chi connectivity index (χ3n) is 19.2. The van der Waals surface area contributed by atoms with Crippen LogP contribution in [0, 0.1) is 12.8 Å². The summed E-state index contributed by atoms with van der Waals surface area (Å²) in [6, 6.07) is 33.3. The Labute approximate surface area is 610 Å². The summed E-state index contributed by atoms with van der Waals surface area (Å²) in [6.07, 6.45) is -20.8. The number of nitrogens with zero attached hydrogens (tertiary/aromatic N) is 2. The monoisotopic (exact) mass is 1510 g/mol. The molecule has 0 radical (unpaired) electrons. The average molecular weight is 1510 g/mol. The van der Waals surface area contributed by atoms with Gasteiger partial charge in [0.2, 0.25) is 0 Å². The van der Waals surface area contributed by atoms with Crippen LogP contribution in [0.2, 0.25) is 0 Å². The molecule has 0 amide bonds. The van der Waals surface area contributed by atoms with Gasteiger partial charge in [0.1, 0.15) is 16.9 Å². The van der Waals surface area contributed by atoms with Crippen molar-refractivity contribution in [3.63, 3.8) is 0 Å². The van der Waals surface area contributed by atoms with Crippen LogP contribution >= 0.6 is 0 Å². The zero-order valence-electron chi connectivity index (χ0n) is 58.5. The van der Waals surface area contributed by atoms with E-state index in [2.05, 4.69) is 5.32 Å². The summed E-state index contributed by atoms with van der Waals surface area (Å²) in [4.78, 5) is 73.5. The maximum absolute atomic E-state index is 16.5. The maximum Gasteiger partial charge on any atom is 0.677 e. The summed E-state index contributed by atoms with van der Waals surface area (Å²) in [5.41, 5.74) is -11.2. The van der Waals surface area contributed by atoms with E-state index in [1.54, 1.807) is 87.6 Å². The average Bonchev–Trinajstić information content (AvgIpc) is 1.36. The summed E-state index contributed by atoms with van der Waals surface area (Å²) in [6.45, 7) is 10.1. The highest BCUT2D eigenvalue weighted by Crippen LogP contribution is 2.52. The molecule has 4 heterocycles. The van der Waals surface area contributed by atoms with Crippen molar-refractivity contribution >= 4 is 74.4 Å². The molecular formula is C82H58BF14N3O9. The molecule has 12 nitrogen and oxygen atoms in total. The highest BCUT2D eigenvalue weighted by molar-refractivity contribution is 6.42. The second-order valence-electron chi connectivity index (χ2n) is 26.6. The lowest BCUT2D eigenvalue weighted by atomic mass is 9.81. The molecule has 1 aliphatic rings. The van der Waals surface area contributed by atoms with Crippen molar-refractivity contribution in [2.24, 2.45) is 5.92 Å². The minimum Gasteiger partial charge on any atom is -0.465 e.